The summed E-state index contributed by atoms with van der Waals surface area (Å²) >= 11 is 7.11. The normalized spacial score (nSPS) is 12.0. The number of nitrogens with one attached hydrogen (secondary N) is 1. The molecule has 2 aromatic heterocycles. The molecule has 1 aromatic carbocycles. The zero-order valence-electron chi connectivity index (χ0n) is 14.7. The van der Waals surface area contributed by atoms with E-state index in [2.05, 4.69) is 15.5 Å². The van der Waals surface area contributed by atoms with Crippen molar-refractivity contribution in [2.24, 2.45) is 0 Å². The van der Waals surface area contributed by atoms with Crippen molar-refractivity contribution in [3.8, 4) is 11.4 Å². The summed E-state index contributed by atoms with van der Waals surface area (Å²) < 4.78 is 6.52. The third-order valence-corrected chi connectivity index (χ3v) is 5.21. The van der Waals surface area contributed by atoms with E-state index in [1.165, 1.54) is 29.1 Å². The lowest BCUT2D eigenvalue weighted by Crippen LogP contribution is -2.23. The van der Waals surface area contributed by atoms with Gasteiger partial charge in [-0.05, 0) is 26.0 Å². The zero-order valence-corrected chi connectivity index (χ0v) is 16.3. The average Bonchev–Trinajstić information content (AvgIpc) is 3.22. The van der Waals surface area contributed by atoms with Crippen LogP contribution in [-0.4, -0.2) is 31.0 Å². The Morgan fingerprint density at radius 2 is 2.18 bits per heavy atom. The highest BCUT2D eigenvalue weighted by Gasteiger charge is 2.22. The molecule has 3 N–H and O–H groups in total. The number of benzene rings is 1. The van der Waals surface area contributed by atoms with Crippen LogP contribution in [0.3, 0.4) is 0 Å². The van der Waals surface area contributed by atoms with Gasteiger partial charge >= 0.3 is 0 Å². The molecule has 0 saturated heterocycles. The smallest absolute Gasteiger partial charge is 0.271 e. The Morgan fingerprint density at radius 1 is 1.43 bits per heavy atom. The van der Waals surface area contributed by atoms with Gasteiger partial charge in [-0.1, -0.05) is 23.4 Å². The molecular formula is C16H15ClN6O4S. The minimum absolute atomic E-state index is 0.0689. The second-order valence-corrected chi connectivity index (χ2v) is 7.45. The number of nitrogens with two attached hydrogens (primary N) is 1. The van der Waals surface area contributed by atoms with Crippen molar-refractivity contribution in [3.05, 3.63) is 51.4 Å². The number of anilines is 1. The topological polar surface area (TPSA) is 142 Å². The molecule has 12 heteroatoms. The number of hydrogen-bond donors (Lipinski definition) is 2. The second kappa shape index (κ2) is 7.90. The Morgan fingerprint density at radius 3 is 2.79 bits per heavy atom. The van der Waals surface area contributed by atoms with Crippen molar-refractivity contribution in [1.29, 1.82) is 0 Å². The number of nitrogens with zero attached hydrogens (tertiary/aromatic N) is 4. The number of halogens is 1. The largest absolute Gasteiger partial charge is 0.469 e. The minimum atomic E-state index is -0.587. The van der Waals surface area contributed by atoms with Gasteiger partial charge in [0, 0.05) is 12.1 Å². The van der Waals surface area contributed by atoms with Gasteiger partial charge in [0.15, 0.2) is 5.82 Å². The maximum atomic E-state index is 12.5. The fraction of sp³-hybridized carbons (Fsp3) is 0.188. The van der Waals surface area contributed by atoms with E-state index in [4.69, 9.17) is 21.9 Å². The van der Waals surface area contributed by atoms with Gasteiger partial charge in [-0.25, -0.2) is 4.68 Å². The summed E-state index contributed by atoms with van der Waals surface area (Å²) in [5, 5.41) is 21.3. The zero-order chi connectivity index (χ0) is 20.4. The molecule has 3 rings (SSSR count). The first-order valence-electron chi connectivity index (χ1n) is 7.94. The molecule has 0 spiro atoms. The van der Waals surface area contributed by atoms with Crippen molar-refractivity contribution in [1.82, 2.24) is 14.9 Å². The molecule has 10 nitrogen and oxygen atoms in total. The van der Waals surface area contributed by atoms with E-state index >= 15 is 0 Å². The van der Waals surface area contributed by atoms with Crippen LogP contribution in [0.15, 0.2) is 40.1 Å². The number of hydrogen-bond acceptors (Lipinski definition) is 8. The van der Waals surface area contributed by atoms with E-state index < -0.39 is 10.2 Å². The fourth-order valence-electron chi connectivity index (χ4n) is 2.32. The molecule has 0 aliphatic rings. The number of aromatic nitrogens is 3. The van der Waals surface area contributed by atoms with Crippen LogP contribution in [-0.2, 0) is 4.79 Å². The molecule has 0 saturated carbocycles. The summed E-state index contributed by atoms with van der Waals surface area (Å²) in [5.41, 5.74) is 0.814. The number of carbonyl (C=O) groups is 1. The van der Waals surface area contributed by atoms with E-state index in [0.29, 0.717) is 22.3 Å². The average molecular weight is 423 g/mol. The Bertz CT molecular complexity index is 1050. The van der Waals surface area contributed by atoms with Gasteiger partial charge in [0.2, 0.25) is 11.1 Å². The summed E-state index contributed by atoms with van der Waals surface area (Å²) in [7, 11) is 0. The number of furan rings is 1. The van der Waals surface area contributed by atoms with Crippen LogP contribution in [0.2, 0.25) is 5.02 Å². The van der Waals surface area contributed by atoms with E-state index in [0.717, 1.165) is 11.8 Å². The molecule has 3 aromatic rings. The van der Waals surface area contributed by atoms with Crippen molar-refractivity contribution in [2.45, 2.75) is 24.3 Å². The number of aryl methyl sites for hydroxylation is 1. The lowest BCUT2D eigenvalue weighted by atomic mass is 10.2. The maximum Gasteiger partial charge on any atom is 0.271 e. The van der Waals surface area contributed by atoms with E-state index in [-0.39, 0.29) is 22.3 Å². The third kappa shape index (κ3) is 3.94. The predicted octanol–water partition coefficient (Wildman–Crippen LogP) is 3.24. The predicted molar refractivity (Wildman–Crippen MR) is 105 cm³/mol. The molecule has 1 amide bonds. The summed E-state index contributed by atoms with van der Waals surface area (Å²) in [6, 6.07) is 5.53. The number of thioether (sulfide) groups is 1. The number of nitro benzene ring substituents is 1. The molecule has 2 heterocycles. The van der Waals surface area contributed by atoms with Gasteiger partial charge in [-0.3, -0.25) is 14.9 Å². The number of nitro groups is 1. The third-order valence-electron chi connectivity index (χ3n) is 3.84. The monoisotopic (exact) mass is 422 g/mol. The van der Waals surface area contributed by atoms with Crippen LogP contribution in [0.1, 0.15) is 12.7 Å². The number of nitrogen functional groups attached to an aromatic ring is 1. The van der Waals surface area contributed by atoms with E-state index in [1.807, 2.05) is 0 Å². The number of amides is 1. The molecule has 28 heavy (non-hydrogen) atoms. The Kier molecular flexibility index (Phi) is 5.56. The van der Waals surface area contributed by atoms with Gasteiger partial charge in [-0.2, -0.15) is 0 Å². The molecule has 146 valence electrons. The Labute approximate surface area is 168 Å². The lowest BCUT2D eigenvalue weighted by Gasteiger charge is -2.12. The van der Waals surface area contributed by atoms with Gasteiger partial charge in [-0.15, -0.1) is 10.2 Å². The molecule has 0 radical (unpaired) electrons. The van der Waals surface area contributed by atoms with Crippen LogP contribution >= 0.6 is 23.4 Å². The van der Waals surface area contributed by atoms with E-state index in [9.17, 15) is 14.9 Å². The van der Waals surface area contributed by atoms with Crippen LogP contribution in [0.5, 0.6) is 0 Å². The van der Waals surface area contributed by atoms with Crippen LogP contribution in [0.4, 0.5) is 11.4 Å². The van der Waals surface area contributed by atoms with E-state index in [1.54, 1.807) is 19.9 Å². The minimum Gasteiger partial charge on any atom is -0.469 e. The second-order valence-electron chi connectivity index (χ2n) is 5.74. The van der Waals surface area contributed by atoms with Crippen LogP contribution in [0, 0.1) is 17.0 Å². The van der Waals surface area contributed by atoms with Crippen molar-refractivity contribution >= 4 is 40.6 Å². The van der Waals surface area contributed by atoms with Crippen molar-refractivity contribution < 1.29 is 14.1 Å². The van der Waals surface area contributed by atoms with Crippen LogP contribution in [0.25, 0.3) is 11.4 Å². The lowest BCUT2D eigenvalue weighted by molar-refractivity contribution is -0.384. The highest BCUT2D eigenvalue weighted by Crippen LogP contribution is 2.29. The Hall–Kier alpha value is -3.05. The molecule has 1 atom stereocenters. The molecule has 0 aliphatic carbocycles. The van der Waals surface area contributed by atoms with Gasteiger partial charge < -0.3 is 15.6 Å². The molecule has 1 unspecified atom stereocenters. The first kappa shape index (κ1) is 19.7. The summed E-state index contributed by atoms with van der Waals surface area (Å²) in [4.78, 5) is 22.6. The van der Waals surface area contributed by atoms with Crippen molar-refractivity contribution in [2.75, 3.05) is 11.2 Å². The van der Waals surface area contributed by atoms with Gasteiger partial charge in [0.25, 0.3) is 5.69 Å². The molecule has 0 aliphatic heterocycles. The SMILES string of the molecule is Cc1occc1-c1nnc(SC(C)C(=O)Nc2ccc([N+](=O)[O-])cc2Cl)n1N. The van der Waals surface area contributed by atoms with Gasteiger partial charge in [0.05, 0.1) is 32.7 Å². The summed E-state index contributed by atoms with van der Waals surface area (Å²) in [5.74, 6) is 6.74. The molecular weight excluding hydrogens is 408 g/mol. The summed E-state index contributed by atoms with van der Waals surface area (Å²) in [6.07, 6.45) is 1.52. The molecule has 0 bridgehead atoms. The van der Waals surface area contributed by atoms with Crippen molar-refractivity contribution in [3.63, 3.8) is 0 Å². The first-order chi connectivity index (χ1) is 13.3. The highest BCUT2D eigenvalue weighted by atomic mass is 35.5. The van der Waals surface area contributed by atoms with Gasteiger partial charge in [0.1, 0.15) is 5.76 Å². The molecule has 0 fully saturated rings. The first-order valence-corrected chi connectivity index (χ1v) is 9.20. The maximum absolute atomic E-state index is 12.5. The number of non-ortho nitro benzene ring substituents is 1. The number of rotatable bonds is 6. The van der Waals surface area contributed by atoms with Crippen LogP contribution < -0.4 is 11.2 Å². The quantitative estimate of drug-likeness (QED) is 0.267. The number of carbonyl (C=O) groups excluding carboxylic acids is 1. The highest BCUT2D eigenvalue weighted by molar-refractivity contribution is 8.00. The summed E-state index contributed by atoms with van der Waals surface area (Å²) in [6.45, 7) is 3.44. The standard InChI is InChI=1S/C16H15ClN6O4S/c1-8-11(5-6-27-8)14-20-21-16(22(14)18)28-9(2)15(24)19-13-4-3-10(23(25)26)7-12(13)17/h3-7,9H,18H2,1-2H3,(H,19,24). The fourth-order valence-corrected chi connectivity index (χ4v) is 3.32. The Balaban J connectivity index is 1.71.